The van der Waals surface area contributed by atoms with Crippen LogP contribution in [0.1, 0.15) is 45.8 Å². The predicted molar refractivity (Wildman–Crippen MR) is 114 cm³/mol. The second kappa shape index (κ2) is 9.80. The highest BCUT2D eigenvalue weighted by Gasteiger charge is 2.39. The van der Waals surface area contributed by atoms with E-state index in [1.165, 1.54) is 0 Å². The van der Waals surface area contributed by atoms with Crippen LogP contribution in [0, 0.1) is 0 Å². The first-order chi connectivity index (χ1) is 17.6. The number of carbonyl (C=O) groups is 1. The van der Waals surface area contributed by atoms with Gasteiger partial charge in [-0.05, 0) is 25.1 Å². The summed E-state index contributed by atoms with van der Waals surface area (Å²) in [5.41, 5.74) is -6.41. The van der Waals surface area contributed by atoms with Crippen LogP contribution in [-0.4, -0.2) is 52.3 Å². The van der Waals surface area contributed by atoms with Crippen molar-refractivity contribution >= 4 is 15.7 Å². The van der Waals surface area contributed by atoms with E-state index in [-0.39, 0.29) is 18.2 Å². The van der Waals surface area contributed by atoms with E-state index in [9.17, 15) is 52.7 Å². The van der Waals surface area contributed by atoms with Gasteiger partial charge in [0, 0.05) is 24.9 Å². The zero-order valence-corrected chi connectivity index (χ0v) is 20.6. The van der Waals surface area contributed by atoms with Gasteiger partial charge in [-0.25, -0.2) is 23.1 Å². The van der Waals surface area contributed by atoms with Crippen molar-refractivity contribution in [1.29, 1.82) is 0 Å². The largest absolute Gasteiger partial charge is 0.433 e. The molecule has 18 heteroatoms. The number of alkyl halides is 9. The number of sulfone groups is 1. The molecule has 0 aliphatic carbocycles. The van der Waals surface area contributed by atoms with Gasteiger partial charge in [0.15, 0.2) is 15.7 Å². The van der Waals surface area contributed by atoms with Crippen molar-refractivity contribution in [3.8, 4) is 5.82 Å². The van der Waals surface area contributed by atoms with Gasteiger partial charge in [-0.15, -0.1) is 0 Å². The van der Waals surface area contributed by atoms with Gasteiger partial charge in [-0.1, -0.05) is 0 Å². The highest BCUT2D eigenvalue weighted by Crippen LogP contribution is 2.37. The van der Waals surface area contributed by atoms with Gasteiger partial charge in [0.05, 0.1) is 29.1 Å². The number of rotatable bonds is 5. The van der Waals surface area contributed by atoms with E-state index >= 15 is 0 Å². The summed E-state index contributed by atoms with van der Waals surface area (Å²) in [6.07, 6.45) is -13.4. The molecule has 1 unspecified atom stereocenters. The molecule has 0 aliphatic heterocycles. The highest BCUT2D eigenvalue weighted by atomic mass is 32.2. The number of hydrogen-bond donors (Lipinski definition) is 0. The molecule has 3 rings (SSSR count). The molecule has 0 radical (unpaired) electrons. The van der Waals surface area contributed by atoms with Gasteiger partial charge in [-0.2, -0.15) is 44.6 Å². The maximum Gasteiger partial charge on any atom is 0.433 e. The predicted octanol–water partition coefficient (Wildman–Crippen LogP) is 4.96. The zero-order chi connectivity index (χ0) is 29.7. The fourth-order valence-electron chi connectivity index (χ4n) is 3.45. The van der Waals surface area contributed by atoms with Crippen molar-refractivity contribution in [2.75, 3.05) is 13.3 Å². The summed E-state index contributed by atoms with van der Waals surface area (Å²) in [7, 11) is -3.22. The van der Waals surface area contributed by atoms with Crippen LogP contribution in [0.4, 0.5) is 39.5 Å². The average Bonchev–Trinajstić information content (AvgIpc) is 3.26. The summed E-state index contributed by atoms with van der Waals surface area (Å²) < 4.78 is 144. The lowest BCUT2D eigenvalue weighted by atomic mass is 10.0. The number of nitrogens with zero attached hydrogens (tertiary/aromatic N) is 5. The quantitative estimate of drug-likeness (QED) is 0.391. The number of aromatic nitrogens is 4. The average molecular weight is 589 g/mol. The lowest BCUT2D eigenvalue weighted by Gasteiger charge is -2.27. The molecule has 8 nitrogen and oxygen atoms in total. The first kappa shape index (κ1) is 29.9. The van der Waals surface area contributed by atoms with E-state index in [4.69, 9.17) is 0 Å². The molecule has 0 aliphatic rings. The molecule has 0 N–H and O–H groups in total. The number of hydrogen-bond acceptors (Lipinski definition) is 6. The van der Waals surface area contributed by atoms with Crippen LogP contribution in [0.25, 0.3) is 5.82 Å². The standard InChI is InChI=1S/C21H16F9N5O3S/c1-10(34(2)18(36)11-4-12(19(22,23)24)6-13(5-11)20(25,26)27)17-14(39(3,37)38)8-33-35(17)16-7-15(21(28,29)30)31-9-32-16/h4-10H,1-3H3. The van der Waals surface area contributed by atoms with Crippen molar-refractivity contribution in [2.45, 2.75) is 36.4 Å². The highest BCUT2D eigenvalue weighted by molar-refractivity contribution is 7.90. The molecule has 39 heavy (non-hydrogen) atoms. The Morgan fingerprint density at radius 3 is 1.90 bits per heavy atom. The zero-order valence-electron chi connectivity index (χ0n) is 19.8. The minimum atomic E-state index is -5.24. The van der Waals surface area contributed by atoms with E-state index in [0.717, 1.165) is 26.4 Å². The molecule has 0 saturated carbocycles. The molecule has 0 bridgehead atoms. The van der Waals surface area contributed by atoms with E-state index < -0.39 is 79.1 Å². The Balaban J connectivity index is 2.16. The van der Waals surface area contributed by atoms with Crippen molar-refractivity contribution in [3.05, 3.63) is 64.9 Å². The van der Waals surface area contributed by atoms with Crippen molar-refractivity contribution < 1.29 is 52.7 Å². The molecule has 1 aromatic carbocycles. The summed E-state index contributed by atoms with van der Waals surface area (Å²) in [5.74, 6) is -1.96. The Bertz CT molecular complexity index is 1480. The third-order valence-corrected chi connectivity index (χ3v) is 6.58. The van der Waals surface area contributed by atoms with Gasteiger partial charge in [-0.3, -0.25) is 4.79 Å². The first-order valence-electron chi connectivity index (χ1n) is 10.4. The normalized spacial score (nSPS) is 13.8. The summed E-state index contributed by atoms with van der Waals surface area (Å²) >= 11 is 0. The number of benzene rings is 1. The smallest absolute Gasteiger partial charge is 0.333 e. The lowest BCUT2D eigenvalue weighted by molar-refractivity contribution is -0.143. The fourth-order valence-corrected chi connectivity index (χ4v) is 4.33. The topological polar surface area (TPSA) is 98.0 Å². The molecule has 0 saturated heterocycles. The number of carbonyl (C=O) groups excluding carboxylic acids is 1. The van der Waals surface area contributed by atoms with Crippen molar-refractivity contribution in [2.24, 2.45) is 0 Å². The van der Waals surface area contributed by atoms with Crippen LogP contribution < -0.4 is 0 Å². The Kier molecular flexibility index (Phi) is 7.50. The van der Waals surface area contributed by atoms with Crippen molar-refractivity contribution in [3.63, 3.8) is 0 Å². The molecule has 0 fully saturated rings. The van der Waals surface area contributed by atoms with Crippen LogP contribution in [0.3, 0.4) is 0 Å². The van der Waals surface area contributed by atoms with E-state index in [1.54, 1.807) is 0 Å². The maximum atomic E-state index is 13.3. The molecular weight excluding hydrogens is 573 g/mol. The minimum absolute atomic E-state index is 0.176. The van der Waals surface area contributed by atoms with Crippen LogP contribution in [-0.2, 0) is 28.4 Å². The number of amides is 1. The first-order valence-corrected chi connectivity index (χ1v) is 12.3. The van der Waals surface area contributed by atoms with Crippen LogP contribution in [0.5, 0.6) is 0 Å². The van der Waals surface area contributed by atoms with Crippen LogP contribution in [0.2, 0.25) is 0 Å². The van der Waals surface area contributed by atoms with E-state index in [0.29, 0.717) is 22.0 Å². The van der Waals surface area contributed by atoms with Gasteiger partial charge in [0.2, 0.25) is 0 Å². The van der Waals surface area contributed by atoms with Gasteiger partial charge < -0.3 is 4.90 Å². The summed E-state index contributed by atoms with van der Waals surface area (Å²) in [6.45, 7) is 1.14. The molecule has 0 spiro atoms. The third-order valence-electron chi connectivity index (χ3n) is 5.46. The minimum Gasteiger partial charge on any atom is -0.333 e. The SMILES string of the molecule is CC(c1c(S(C)(=O)=O)cnn1-c1cc(C(F)(F)F)ncn1)N(C)C(=O)c1cc(C(F)(F)F)cc(C(F)(F)F)c1. The van der Waals surface area contributed by atoms with E-state index in [2.05, 4.69) is 15.1 Å². The van der Waals surface area contributed by atoms with Gasteiger partial charge >= 0.3 is 18.5 Å². The molecule has 212 valence electrons. The maximum absolute atomic E-state index is 13.3. The molecule has 1 atom stereocenters. The Morgan fingerprint density at radius 1 is 0.897 bits per heavy atom. The van der Waals surface area contributed by atoms with Gasteiger partial charge in [0.25, 0.3) is 5.91 Å². The van der Waals surface area contributed by atoms with E-state index in [1.807, 2.05) is 0 Å². The molecule has 2 aromatic heterocycles. The Labute approximate surface area is 214 Å². The second-order valence-electron chi connectivity index (χ2n) is 8.22. The molecular formula is C21H16F9N5O3S. The van der Waals surface area contributed by atoms with Crippen LogP contribution >= 0.6 is 0 Å². The Morgan fingerprint density at radius 2 is 1.44 bits per heavy atom. The molecule has 2 heterocycles. The summed E-state index contributed by atoms with van der Waals surface area (Å²) in [4.78, 5) is 19.8. The van der Waals surface area contributed by atoms with Gasteiger partial charge in [0.1, 0.15) is 16.9 Å². The third kappa shape index (κ3) is 6.31. The van der Waals surface area contributed by atoms with Crippen LogP contribution in [0.15, 0.2) is 41.7 Å². The van der Waals surface area contributed by atoms with Crippen molar-refractivity contribution in [1.82, 2.24) is 24.6 Å². The molecule has 1 amide bonds. The fraction of sp³-hybridized carbons (Fsp3) is 0.333. The Hall–Kier alpha value is -3.70. The second-order valence-corrected chi connectivity index (χ2v) is 10.2. The monoisotopic (exact) mass is 589 g/mol. The number of halogens is 9. The summed E-state index contributed by atoms with van der Waals surface area (Å²) in [5, 5.41) is 3.75. The lowest BCUT2D eigenvalue weighted by Crippen LogP contribution is -2.32. The summed E-state index contributed by atoms with van der Waals surface area (Å²) in [6, 6.07) is -0.840. The molecule has 3 aromatic rings.